The molecule has 4 atom stereocenters. The molecule has 1 N–H and O–H groups in total. The first-order chi connectivity index (χ1) is 12.6. The van der Waals surface area contributed by atoms with E-state index in [1.807, 2.05) is 17.8 Å². The largest absolute Gasteiger partial charge is 0.342 e. The Kier molecular flexibility index (Phi) is 3.36. The Labute approximate surface area is 152 Å². The molecule has 1 aromatic carbocycles. The number of amides is 1. The van der Waals surface area contributed by atoms with Crippen LogP contribution < -0.4 is 5.32 Å². The lowest BCUT2D eigenvalue weighted by atomic mass is 9.88. The number of nitrogens with zero attached hydrogens (tertiary/aromatic N) is 2. The van der Waals surface area contributed by atoms with Crippen LogP contribution in [-0.2, 0) is 11.8 Å². The summed E-state index contributed by atoms with van der Waals surface area (Å²) in [6.45, 7) is 0. The van der Waals surface area contributed by atoms with Crippen LogP contribution in [0.5, 0.6) is 0 Å². The first-order valence-electron chi connectivity index (χ1n) is 9.30. The third kappa shape index (κ3) is 2.26. The van der Waals surface area contributed by atoms with E-state index in [0.29, 0.717) is 17.3 Å². The standard InChI is InChI=1S/C21H22FN3O/c1-25-11-10-23-19(25)18(13-2-5-15(22)6-3-13)24-20(26)16-12-14-4-7-17(16)21(14)8-9-21/h2-7,10-11,14,16-18H,8-9,12H2,1H3,(H,24,26)/t14-,16+,17-,18+/m1/s1. The molecule has 2 aromatic rings. The summed E-state index contributed by atoms with van der Waals surface area (Å²) < 4.78 is 15.3. The van der Waals surface area contributed by atoms with Crippen LogP contribution in [0.25, 0.3) is 0 Å². The molecular formula is C21H22FN3O. The zero-order chi connectivity index (χ0) is 17.9. The summed E-state index contributed by atoms with van der Waals surface area (Å²) in [5.74, 6) is 1.54. The van der Waals surface area contributed by atoms with Crippen molar-refractivity contribution in [1.82, 2.24) is 14.9 Å². The number of aryl methyl sites for hydroxylation is 1. The van der Waals surface area contributed by atoms with Crippen molar-refractivity contribution in [2.45, 2.75) is 25.3 Å². The molecular weight excluding hydrogens is 329 g/mol. The van der Waals surface area contributed by atoms with Crippen LogP contribution in [0.4, 0.5) is 4.39 Å². The first-order valence-corrected chi connectivity index (χ1v) is 9.30. The normalized spacial score (nSPS) is 28.5. The van der Waals surface area contributed by atoms with Gasteiger partial charge in [0.15, 0.2) is 0 Å². The second kappa shape index (κ2) is 5.53. The minimum Gasteiger partial charge on any atom is -0.342 e. The first kappa shape index (κ1) is 15.8. The Morgan fingerprint density at radius 1 is 1.31 bits per heavy atom. The zero-order valence-electron chi connectivity index (χ0n) is 14.7. The van der Waals surface area contributed by atoms with Gasteiger partial charge in [-0.15, -0.1) is 0 Å². The molecule has 1 aromatic heterocycles. The fraction of sp³-hybridized carbons (Fsp3) is 0.429. The van der Waals surface area contributed by atoms with Crippen LogP contribution in [0, 0.1) is 29.0 Å². The number of carbonyl (C=O) groups excluding carboxylic acids is 1. The van der Waals surface area contributed by atoms with Gasteiger partial charge >= 0.3 is 0 Å². The van der Waals surface area contributed by atoms with Gasteiger partial charge in [-0.2, -0.15) is 0 Å². The number of carbonyl (C=O) groups is 1. The van der Waals surface area contributed by atoms with Crippen LogP contribution in [-0.4, -0.2) is 15.5 Å². The smallest absolute Gasteiger partial charge is 0.224 e. The van der Waals surface area contributed by atoms with Crippen LogP contribution >= 0.6 is 0 Å². The molecule has 1 heterocycles. The second-order valence-corrected chi connectivity index (χ2v) is 7.98. The molecule has 3 aliphatic carbocycles. The number of hydrogen-bond donors (Lipinski definition) is 1. The van der Waals surface area contributed by atoms with Gasteiger partial charge in [-0.05, 0) is 54.2 Å². The summed E-state index contributed by atoms with van der Waals surface area (Å²) in [5.41, 5.74) is 1.23. The number of nitrogens with one attached hydrogen (secondary N) is 1. The predicted octanol–water partition coefficient (Wildman–Crippen LogP) is 3.37. The molecule has 0 aliphatic heterocycles. The Hall–Kier alpha value is -2.43. The van der Waals surface area contributed by atoms with E-state index in [1.165, 1.54) is 25.0 Å². The van der Waals surface area contributed by atoms with E-state index >= 15 is 0 Å². The highest BCUT2D eigenvalue weighted by atomic mass is 19.1. The van der Waals surface area contributed by atoms with Gasteiger partial charge in [-0.1, -0.05) is 24.3 Å². The number of imidazole rings is 1. The summed E-state index contributed by atoms with van der Waals surface area (Å²) in [5, 5.41) is 3.21. The molecule has 1 spiro atoms. The highest BCUT2D eigenvalue weighted by molar-refractivity contribution is 5.81. The fourth-order valence-corrected chi connectivity index (χ4v) is 5.13. The number of aromatic nitrogens is 2. The van der Waals surface area contributed by atoms with E-state index in [0.717, 1.165) is 17.8 Å². The van der Waals surface area contributed by atoms with Gasteiger partial charge < -0.3 is 9.88 Å². The van der Waals surface area contributed by atoms with Gasteiger partial charge in [-0.25, -0.2) is 9.37 Å². The maximum Gasteiger partial charge on any atom is 0.224 e. The van der Waals surface area contributed by atoms with E-state index in [2.05, 4.69) is 22.5 Å². The summed E-state index contributed by atoms with van der Waals surface area (Å²) in [6.07, 6.45) is 11.6. The van der Waals surface area contributed by atoms with Crippen molar-refractivity contribution in [3.63, 3.8) is 0 Å². The number of rotatable bonds is 4. The van der Waals surface area contributed by atoms with Crippen LogP contribution in [0.3, 0.4) is 0 Å². The topological polar surface area (TPSA) is 46.9 Å². The SMILES string of the molecule is Cn1ccnc1[C@@H](NC(=O)[C@H]1C[C@H]2C=C[C@H]1C21CC1)c1ccc(F)cc1. The van der Waals surface area contributed by atoms with Crippen molar-refractivity contribution >= 4 is 5.91 Å². The monoisotopic (exact) mass is 351 g/mol. The summed E-state index contributed by atoms with van der Waals surface area (Å²) in [6, 6.07) is 5.92. The molecule has 5 heteroatoms. The van der Waals surface area contributed by atoms with Gasteiger partial charge in [0, 0.05) is 25.4 Å². The maximum atomic E-state index is 13.4. The molecule has 2 fully saturated rings. The summed E-state index contributed by atoms with van der Waals surface area (Å²) >= 11 is 0. The average molecular weight is 351 g/mol. The quantitative estimate of drug-likeness (QED) is 0.859. The lowest BCUT2D eigenvalue weighted by molar-refractivity contribution is -0.126. The van der Waals surface area contributed by atoms with Crippen molar-refractivity contribution in [1.29, 1.82) is 0 Å². The highest BCUT2D eigenvalue weighted by Crippen LogP contribution is 2.70. The second-order valence-electron chi connectivity index (χ2n) is 7.98. The van der Waals surface area contributed by atoms with Crippen molar-refractivity contribution in [3.8, 4) is 0 Å². The lowest BCUT2D eigenvalue weighted by Gasteiger charge is -2.24. The van der Waals surface area contributed by atoms with E-state index in [4.69, 9.17) is 0 Å². The lowest BCUT2D eigenvalue weighted by Crippen LogP contribution is -2.37. The van der Waals surface area contributed by atoms with E-state index in [1.54, 1.807) is 18.3 Å². The molecule has 1 amide bonds. The van der Waals surface area contributed by atoms with Crippen molar-refractivity contribution in [3.05, 3.63) is 66.0 Å². The molecule has 4 nitrogen and oxygen atoms in total. The van der Waals surface area contributed by atoms with Crippen molar-refractivity contribution < 1.29 is 9.18 Å². The molecule has 3 aliphatic rings. The summed E-state index contributed by atoms with van der Waals surface area (Å²) in [4.78, 5) is 17.6. The number of benzene rings is 1. The Balaban J connectivity index is 1.43. The molecule has 0 saturated heterocycles. The molecule has 5 rings (SSSR count). The zero-order valence-corrected chi connectivity index (χ0v) is 14.7. The molecule has 2 bridgehead atoms. The maximum absolute atomic E-state index is 13.4. The van der Waals surface area contributed by atoms with Crippen LogP contribution in [0.1, 0.15) is 36.7 Å². The van der Waals surface area contributed by atoms with Crippen molar-refractivity contribution in [2.24, 2.45) is 30.2 Å². The summed E-state index contributed by atoms with van der Waals surface area (Å²) in [7, 11) is 1.91. The molecule has 26 heavy (non-hydrogen) atoms. The van der Waals surface area contributed by atoms with Gasteiger partial charge in [0.2, 0.25) is 5.91 Å². The Bertz CT molecular complexity index is 881. The third-order valence-corrected chi connectivity index (χ3v) is 6.67. The fourth-order valence-electron chi connectivity index (χ4n) is 5.13. The van der Waals surface area contributed by atoms with Gasteiger partial charge in [-0.3, -0.25) is 4.79 Å². The molecule has 0 unspecified atom stereocenters. The van der Waals surface area contributed by atoms with E-state index in [9.17, 15) is 9.18 Å². The molecule has 0 radical (unpaired) electrons. The molecule has 2 saturated carbocycles. The minimum absolute atomic E-state index is 0.0377. The number of hydrogen-bond acceptors (Lipinski definition) is 2. The van der Waals surface area contributed by atoms with E-state index in [-0.39, 0.29) is 23.7 Å². The van der Waals surface area contributed by atoms with Crippen LogP contribution in [0.2, 0.25) is 0 Å². The van der Waals surface area contributed by atoms with Gasteiger partial charge in [0.25, 0.3) is 0 Å². The predicted molar refractivity (Wildman–Crippen MR) is 95.5 cm³/mol. The van der Waals surface area contributed by atoms with Gasteiger partial charge in [0.05, 0.1) is 0 Å². The Morgan fingerprint density at radius 2 is 2.08 bits per heavy atom. The number of halogens is 1. The Morgan fingerprint density at radius 3 is 2.69 bits per heavy atom. The number of allylic oxidation sites excluding steroid dienone is 2. The third-order valence-electron chi connectivity index (χ3n) is 6.67. The van der Waals surface area contributed by atoms with Crippen molar-refractivity contribution in [2.75, 3.05) is 0 Å². The van der Waals surface area contributed by atoms with Gasteiger partial charge in [0.1, 0.15) is 17.7 Å². The highest BCUT2D eigenvalue weighted by Gasteiger charge is 2.64. The average Bonchev–Trinajstić information content (AvgIpc) is 3.11. The van der Waals surface area contributed by atoms with Crippen LogP contribution in [0.15, 0.2) is 48.8 Å². The minimum atomic E-state index is -0.374. The molecule has 134 valence electrons. The van der Waals surface area contributed by atoms with E-state index < -0.39 is 0 Å².